The van der Waals surface area contributed by atoms with Crippen molar-refractivity contribution < 1.29 is 9.53 Å². The van der Waals surface area contributed by atoms with Crippen molar-refractivity contribution in [2.75, 3.05) is 0 Å². The molecule has 2 heteroatoms. The number of esters is 1. The highest BCUT2D eigenvalue weighted by atomic mass is 16.6. The van der Waals surface area contributed by atoms with Gasteiger partial charge in [-0.3, -0.25) is 4.79 Å². The van der Waals surface area contributed by atoms with Crippen LogP contribution >= 0.6 is 0 Å². The van der Waals surface area contributed by atoms with Crippen molar-refractivity contribution in [3.8, 4) is 0 Å². The first kappa shape index (κ1) is 20.2. The van der Waals surface area contributed by atoms with E-state index < -0.39 is 5.41 Å². The summed E-state index contributed by atoms with van der Waals surface area (Å²) >= 11 is 0. The smallest absolute Gasteiger partial charge is 0.312 e. The van der Waals surface area contributed by atoms with Crippen LogP contribution < -0.4 is 0 Å². The Morgan fingerprint density at radius 1 is 1.12 bits per heavy atom. The second-order valence-electron chi connectivity index (χ2n) is 11.4. The van der Waals surface area contributed by atoms with Crippen LogP contribution in [0.3, 0.4) is 0 Å². The van der Waals surface area contributed by atoms with Crippen LogP contribution in [0.5, 0.6) is 0 Å². The average molecular weight is 363 g/mol. The molecule has 0 aromatic heterocycles. The molecule has 0 aliphatic heterocycles. The van der Waals surface area contributed by atoms with Crippen LogP contribution in [0.4, 0.5) is 0 Å². The summed E-state index contributed by atoms with van der Waals surface area (Å²) in [6, 6.07) is 0. The molecule has 0 heterocycles. The van der Waals surface area contributed by atoms with Gasteiger partial charge in [-0.05, 0) is 86.4 Å². The lowest BCUT2D eigenvalue weighted by molar-refractivity contribution is -0.201. The summed E-state index contributed by atoms with van der Waals surface area (Å²) in [7, 11) is 0. The van der Waals surface area contributed by atoms with Gasteiger partial charge in [0.05, 0.1) is 5.41 Å². The molecule has 3 aliphatic carbocycles. The van der Waals surface area contributed by atoms with E-state index in [0.29, 0.717) is 23.2 Å². The van der Waals surface area contributed by atoms with Gasteiger partial charge in [-0.2, -0.15) is 0 Å². The van der Waals surface area contributed by atoms with Crippen LogP contribution in [0.15, 0.2) is 0 Å². The Bertz CT molecular complexity index is 565. The van der Waals surface area contributed by atoms with Gasteiger partial charge in [-0.1, -0.05) is 48.5 Å². The summed E-state index contributed by atoms with van der Waals surface area (Å²) in [5.74, 6) is 2.57. The largest absolute Gasteiger partial charge is 0.458 e. The van der Waals surface area contributed by atoms with Gasteiger partial charge in [0, 0.05) is 0 Å². The van der Waals surface area contributed by atoms with E-state index in [2.05, 4.69) is 55.4 Å². The van der Waals surface area contributed by atoms with E-state index in [1.807, 2.05) is 0 Å². The molecule has 0 N–H and O–H groups in total. The van der Waals surface area contributed by atoms with Gasteiger partial charge in [0.15, 0.2) is 0 Å². The molecule has 1 spiro atoms. The van der Waals surface area contributed by atoms with Crippen molar-refractivity contribution in [3.05, 3.63) is 0 Å². The Morgan fingerprint density at radius 3 is 2.27 bits per heavy atom. The van der Waals surface area contributed by atoms with E-state index >= 15 is 0 Å². The fourth-order valence-electron chi connectivity index (χ4n) is 6.84. The van der Waals surface area contributed by atoms with Gasteiger partial charge in [0.2, 0.25) is 0 Å². The number of hydrogen-bond acceptors (Lipinski definition) is 2. The first-order valence-corrected chi connectivity index (χ1v) is 11.2. The maximum absolute atomic E-state index is 13.7. The molecule has 3 saturated carbocycles. The fourth-order valence-corrected chi connectivity index (χ4v) is 6.84. The summed E-state index contributed by atoms with van der Waals surface area (Å²) in [5.41, 5.74) is -0.0639. The van der Waals surface area contributed by atoms with E-state index in [-0.39, 0.29) is 17.0 Å². The predicted octanol–water partition coefficient (Wildman–Crippen LogP) is 6.62. The van der Waals surface area contributed by atoms with Gasteiger partial charge >= 0.3 is 5.97 Å². The highest BCUT2D eigenvalue weighted by Gasteiger charge is 2.69. The molecule has 2 bridgehead atoms. The molecule has 150 valence electrons. The number of carbonyl (C=O) groups is 1. The van der Waals surface area contributed by atoms with Crippen molar-refractivity contribution in [2.24, 2.45) is 39.9 Å². The van der Waals surface area contributed by atoms with Gasteiger partial charge < -0.3 is 4.74 Å². The maximum atomic E-state index is 13.7. The third kappa shape index (κ3) is 2.76. The van der Waals surface area contributed by atoms with Crippen LogP contribution in [0.1, 0.15) is 100 Å². The monoisotopic (exact) mass is 362 g/mol. The zero-order chi connectivity index (χ0) is 19.5. The quantitative estimate of drug-likeness (QED) is 0.475. The van der Waals surface area contributed by atoms with Crippen LogP contribution in [0.2, 0.25) is 0 Å². The Morgan fingerprint density at radius 2 is 1.73 bits per heavy atom. The van der Waals surface area contributed by atoms with Crippen molar-refractivity contribution in [1.29, 1.82) is 0 Å². The van der Waals surface area contributed by atoms with E-state index in [4.69, 9.17) is 4.74 Å². The minimum atomic E-state index is -0.422. The Balaban J connectivity index is 1.88. The molecule has 3 rings (SSSR count). The van der Waals surface area contributed by atoms with Gasteiger partial charge in [-0.25, -0.2) is 0 Å². The van der Waals surface area contributed by atoms with Crippen LogP contribution in [0.25, 0.3) is 0 Å². The molecule has 0 saturated heterocycles. The second kappa shape index (κ2) is 6.24. The first-order valence-electron chi connectivity index (χ1n) is 11.2. The minimum absolute atomic E-state index is 0.0553. The molecule has 3 fully saturated rings. The number of ether oxygens (including phenoxy) is 1. The van der Waals surface area contributed by atoms with E-state index in [9.17, 15) is 4.79 Å². The molecule has 0 aromatic rings. The molecular weight excluding hydrogens is 320 g/mol. The van der Waals surface area contributed by atoms with Crippen molar-refractivity contribution in [2.45, 2.75) is 106 Å². The average Bonchev–Trinajstić information content (AvgIpc) is 3.10. The number of rotatable bonds is 7. The highest BCUT2D eigenvalue weighted by molar-refractivity contribution is 5.78. The fraction of sp³-hybridized carbons (Fsp3) is 0.958. The summed E-state index contributed by atoms with van der Waals surface area (Å²) in [5, 5.41) is 0. The standard InChI is InChI=1S/C24H42O2/c1-9-21(6,7)22(8,12-16(3)4)20(25)26-24(10-2)17(5)13-23-14-18(23)11-19(24)15-23/h16-19H,9-15H2,1-8H3. The Kier molecular flexibility index (Phi) is 4.85. The zero-order valence-corrected chi connectivity index (χ0v) is 18.6. The maximum Gasteiger partial charge on any atom is 0.312 e. The topological polar surface area (TPSA) is 26.3 Å². The van der Waals surface area contributed by atoms with E-state index in [1.165, 1.54) is 25.7 Å². The summed E-state index contributed by atoms with van der Waals surface area (Å²) in [6.45, 7) is 17.9. The predicted molar refractivity (Wildman–Crippen MR) is 108 cm³/mol. The van der Waals surface area contributed by atoms with Crippen molar-refractivity contribution >= 4 is 5.97 Å². The second-order valence-corrected chi connectivity index (χ2v) is 11.4. The molecule has 0 aromatic carbocycles. The number of carbonyl (C=O) groups excluding carboxylic acids is 1. The lowest BCUT2D eigenvalue weighted by atomic mass is 9.61. The highest BCUT2D eigenvalue weighted by Crippen LogP contribution is 2.74. The normalized spacial score (nSPS) is 40.9. The van der Waals surface area contributed by atoms with Gasteiger partial charge in [0.25, 0.3) is 0 Å². The lowest BCUT2D eigenvalue weighted by Crippen LogP contribution is -2.54. The van der Waals surface area contributed by atoms with Gasteiger partial charge in [0.1, 0.15) is 5.60 Å². The SMILES string of the molecule is CCC1(OC(=O)C(C)(CC(C)C)C(C)(C)CC)C(C)CC23CC2CC1C3. The summed E-state index contributed by atoms with van der Waals surface area (Å²) < 4.78 is 6.65. The van der Waals surface area contributed by atoms with Gasteiger partial charge in [-0.15, -0.1) is 0 Å². The molecule has 3 aliphatic rings. The molecule has 6 atom stereocenters. The van der Waals surface area contributed by atoms with Crippen molar-refractivity contribution in [1.82, 2.24) is 0 Å². The van der Waals surface area contributed by atoms with Crippen molar-refractivity contribution in [3.63, 3.8) is 0 Å². The molecule has 0 radical (unpaired) electrons. The minimum Gasteiger partial charge on any atom is -0.458 e. The van der Waals surface area contributed by atoms with Crippen LogP contribution in [-0.2, 0) is 9.53 Å². The third-order valence-electron chi connectivity index (χ3n) is 9.30. The molecule has 6 unspecified atom stereocenters. The van der Waals surface area contributed by atoms with Crippen LogP contribution in [-0.4, -0.2) is 11.6 Å². The summed E-state index contributed by atoms with van der Waals surface area (Å²) in [4.78, 5) is 13.7. The van der Waals surface area contributed by atoms with E-state index in [0.717, 1.165) is 25.2 Å². The molecule has 0 amide bonds. The third-order valence-corrected chi connectivity index (χ3v) is 9.30. The first-order chi connectivity index (χ1) is 12.0. The zero-order valence-electron chi connectivity index (χ0n) is 18.6. The molecular formula is C24H42O2. The number of fused-ring (bicyclic) bond motifs is 1. The molecule has 26 heavy (non-hydrogen) atoms. The summed E-state index contributed by atoms with van der Waals surface area (Å²) in [6.07, 6.45) is 8.18. The number of hydrogen-bond donors (Lipinski definition) is 0. The Hall–Kier alpha value is -0.530. The van der Waals surface area contributed by atoms with E-state index in [1.54, 1.807) is 0 Å². The van der Waals surface area contributed by atoms with Crippen LogP contribution in [0, 0.1) is 39.9 Å². The Labute approximate surface area is 161 Å². The lowest BCUT2D eigenvalue weighted by Gasteiger charge is -2.51. The molecule has 2 nitrogen and oxygen atoms in total.